The fourth-order valence-corrected chi connectivity index (χ4v) is 2.05. The lowest BCUT2D eigenvalue weighted by molar-refractivity contribution is -0.128. The van der Waals surface area contributed by atoms with Gasteiger partial charge in [-0.1, -0.05) is 23.7 Å². The zero-order valence-corrected chi connectivity index (χ0v) is 13.9. The van der Waals surface area contributed by atoms with Gasteiger partial charge in [0.1, 0.15) is 17.1 Å². The summed E-state index contributed by atoms with van der Waals surface area (Å²) in [5, 5.41) is 0.337. The second-order valence-corrected chi connectivity index (χ2v) is 5.10. The number of hydrogen-bond donors (Lipinski definition) is 0. The first-order chi connectivity index (χ1) is 11.5. The highest BCUT2D eigenvalue weighted by atomic mass is 35.5. The zero-order valence-electron chi connectivity index (χ0n) is 13.1. The smallest absolute Gasteiger partial charge is 0.341 e. The van der Waals surface area contributed by atoms with Gasteiger partial charge in [0.2, 0.25) is 0 Å². The molecule has 0 amide bonds. The van der Waals surface area contributed by atoms with Crippen molar-refractivity contribution in [1.82, 2.24) is 0 Å². The van der Waals surface area contributed by atoms with Crippen molar-refractivity contribution in [2.24, 2.45) is 0 Å². The van der Waals surface area contributed by atoms with Crippen molar-refractivity contribution in [1.29, 1.82) is 0 Å². The third-order valence-electron chi connectivity index (χ3n) is 3.09. The van der Waals surface area contributed by atoms with Crippen LogP contribution in [0.2, 0.25) is 5.02 Å². The number of esters is 2. The Morgan fingerprint density at radius 1 is 1.04 bits per heavy atom. The van der Waals surface area contributed by atoms with E-state index in [9.17, 15) is 9.59 Å². The fraction of sp³-hybridized carbons (Fsp3) is 0.111. The van der Waals surface area contributed by atoms with Gasteiger partial charge in [0.15, 0.2) is 0 Å². The Labute approximate surface area is 144 Å². The molecule has 0 radical (unpaired) electrons. The molecule has 2 rings (SSSR count). The molecule has 0 fully saturated rings. The van der Waals surface area contributed by atoms with E-state index in [-0.39, 0.29) is 11.3 Å². The van der Waals surface area contributed by atoms with Crippen molar-refractivity contribution in [2.75, 3.05) is 14.2 Å². The third-order valence-corrected chi connectivity index (χ3v) is 3.32. The molecular formula is C18H15ClO5. The molecule has 24 heavy (non-hydrogen) atoms. The number of hydrogen-bond acceptors (Lipinski definition) is 5. The second-order valence-electron chi connectivity index (χ2n) is 4.66. The summed E-state index contributed by atoms with van der Waals surface area (Å²) in [6, 6.07) is 11.5. The van der Waals surface area contributed by atoms with Crippen LogP contribution in [-0.2, 0) is 9.53 Å². The Morgan fingerprint density at radius 2 is 1.75 bits per heavy atom. The first-order valence-corrected chi connectivity index (χ1v) is 7.33. The summed E-state index contributed by atoms with van der Waals surface area (Å²) in [6.07, 6.45) is 2.85. The van der Waals surface area contributed by atoms with Crippen LogP contribution in [0.5, 0.6) is 11.5 Å². The minimum Gasteiger partial charge on any atom is -0.497 e. The third kappa shape index (κ3) is 4.60. The van der Waals surface area contributed by atoms with Gasteiger partial charge in [0.05, 0.1) is 14.2 Å². The zero-order chi connectivity index (χ0) is 17.5. The van der Waals surface area contributed by atoms with Crippen LogP contribution in [0.4, 0.5) is 0 Å². The molecule has 0 aliphatic carbocycles. The molecule has 0 spiro atoms. The maximum absolute atomic E-state index is 11.9. The Hall–Kier alpha value is -2.79. The molecule has 0 unspecified atom stereocenters. The molecule has 0 aliphatic rings. The van der Waals surface area contributed by atoms with E-state index in [0.29, 0.717) is 5.02 Å². The molecular weight excluding hydrogens is 332 g/mol. The normalized spacial score (nSPS) is 10.5. The maximum Gasteiger partial charge on any atom is 0.341 e. The van der Waals surface area contributed by atoms with E-state index in [4.69, 9.17) is 21.1 Å². The van der Waals surface area contributed by atoms with Crippen molar-refractivity contribution in [2.45, 2.75) is 0 Å². The molecule has 0 aromatic heterocycles. The van der Waals surface area contributed by atoms with E-state index in [1.807, 2.05) is 0 Å². The molecule has 0 saturated carbocycles. The molecule has 0 saturated heterocycles. The highest BCUT2D eigenvalue weighted by Crippen LogP contribution is 2.24. The number of carbonyl (C=O) groups excluding carboxylic acids is 2. The molecule has 2 aromatic carbocycles. The fourth-order valence-electron chi connectivity index (χ4n) is 1.88. The molecule has 0 atom stereocenters. The molecule has 2 aromatic rings. The van der Waals surface area contributed by atoms with Gasteiger partial charge < -0.3 is 14.2 Å². The average molecular weight is 347 g/mol. The molecule has 0 N–H and O–H groups in total. The molecule has 124 valence electrons. The van der Waals surface area contributed by atoms with Crippen molar-refractivity contribution in [3.63, 3.8) is 0 Å². The molecule has 0 bridgehead atoms. The topological polar surface area (TPSA) is 61.8 Å². The van der Waals surface area contributed by atoms with Crippen molar-refractivity contribution in [3.8, 4) is 11.5 Å². The van der Waals surface area contributed by atoms with Gasteiger partial charge in [0.25, 0.3) is 0 Å². The van der Waals surface area contributed by atoms with Gasteiger partial charge in [-0.05, 0) is 42.0 Å². The number of ether oxygens (including phenoxy) is 3. The predicted molar refractivity (Wildman–Crippen MR) is 90.5 cm³/mol. The van der Waals surface area contributed by atoms with Crippen molar-refractivity contribution in [3.05, 3.63) is 64.7 Å². The second kappa shape index (κ2) is 8.17. The van der Waals surface area contributed by atoms with E-state index in [1.165, 1.54) is 31.4 Å². The van der Waals surface area contributed by atoms with E-state index >= 15 is 0 Å². The summed E-state index contributed by atoms with van der Waals surface area (Å²) >= 11 is 5.85. The highest BCUT2D eigenvalue weighted by Gasteiger charge is 2.15. The summed E-state index contributed by atoms with van der Waals surface area (Å²) in [5.41, 5.74) is 0.883. The van der Waals surface area contributed by atoms with E-state index in [0.717, 1.165) is 11.3 Å². The van der Waals surface area contributed by atoms with E-state index in [2.05, 4.69) is 4.74 Å². The van der Waals surface area contributed by atoms with Crippen LogP contribution in [0.3, 0.4) is 0 Å². The van der Waals surface area contributed by atoms with Crippen LogP contribution in [0, 0.1) is 0 Å². The lowest BCUT2D eigenvalue weighted by Crippen LogP contribution is -2.09. The number of benzene rings is 2. The van der Waals surface area contributed by atoms with Gasteiger partial charge in [-0.15, -0.1) is 0 Å². The van der Waals surface area contributed by atoms with E-state index < -0.39 is 11.9 Å². The summed E-state index contributed by atoms with van der Waals surface area (Å²) in [4.78, 5) is 23.6. The van der Waals surface area contributed by atoms with Crippen LogP contribution in [0.1, 0.15) is 15.9 Å². The largest absolute Gasteiger partial charge is 0.497 e. The summed E-state index contributed by atoms with van der Waals surface area (Å²) < 4.78 is 14.9. The van der Waals surface area contributed by atoms with Gasteiger partial charge in [-0.2, -0.15) is 0 Å². The van der Waals surface area contributed by atoms with Crippen LogP contribution in [0.15, 0.2) is 48.5 Å². The minimum absolute atomic E-state index is 0.0793. The van der Waals surface area contributed by atoms with Gasteiger partial charge in [0, 0.05) is 11.1 Å². The number of rotatable bonds is 5. The number of halogens is 1. The van der Waals surface area contributed by atoms with Gasteiger partial charge >= 0.3 is 11.9 Å². The van der Waals surface area contributed by atoms with Crippen LogP contribution < -0.4 is 9.47 Å². The summed E-state index contributed by atoms with van der Waals surface area (Å²) in [7, 11) is 2.81. The Kier molecular flexibility index (Phi) is 5.98. The Bertz CT molecular complexity index is 765. The van der Waals surface area contributed by atoms with Crippen LogP contribution in [0.25, 0.3) is 6.08 Å². The molecule has 0 heterocycles. The SMILES string of the molecule is COC(=O)c1cc(Cl)ccc1OC(=O)/C=C/c1ccc(OC)cc1. The Balaban J connectivity index is 2.11. The summed E-state index contributed by atoms with van der Waals surface area (Å²) in [5.74, 6) is -0.466. The lowest BCUT2D eigenvalue weighted by Gasteiger charge is -2.07. The van der Waals surface area contributed by atoms with Crippen molar-refractivity contribution >= 4 is 29.6 Å². The molecule has 6 heteroatoms. The van der Waals surface area contributed by atoms with E-state index in [1.54, 1.807) is 37.5 Å². The molecule has 0 aliphatic heterocycles. The lowest BCUT2D eigenvalue weighted by atomic mass is 10.2. The summed E-state index contributed by atoms with van der Waals surface area (Å²) in [6.45, 7) is 0. The Morgan fingerprint density at radius 3 is 2.38 bits per heavy atom. The minimum atomic E-state index is -0.639. The van der Waals surface area contributed by atoms with Crippen molar-refractivity contribution < 1.29 is 23.8 Å². The monoisotopic (exact) mass is 346 g/mol. The van der Waals surface area contributed by atoms with Gasteiger partial charge in [-0.25, -0.2) is 9.59 Å². The first-order valence-electron chi connectivity index (χ1n) is 6.95. The van der Waals surface area contributed by atoms with Crippen LogP contribution in [-0.4, -0.2) is 26.2 Å². The van der Waals surface area contributed by atoms with Crippen LogP contribution >= 0.6 is 11.6 Å². The first kappa shape index (κ1) is 17.6. The number of carbonyl (C=O) groups is 2. The highest BCUT2D eigenvalue weighted by molar-refractivity contribution is 6.31. The maximum atomic E-state index is 11.9. The molecule has 5 nitrogen and oxygen atoms in total. The standard InChI is InChI=1S/C18H15ClO5/c1-22-14-7-3-12(4-8-14)5-10-17(20)24-16-9-6-13(19)11-15(16)18(21)23-2/h3-11H,1-2H3/b10-5+. The number of methoxy groups -OCH3 is 2. The quantitative estimate of drug-likeness (QED) is 0.468. The van der Waals surface area contributed by atoms with Gasteiger partial charge in [-0.3, -0.25) is 0 Å². The predicted octanol–water partition coefficient (Wildman–Crippen LogP) is 3.75. The average Bonchev–Trinajstić information content (AvgIpc) is 2.61.